The van der Waals surface area contributed by atoms with Crippen molar-refractivity contribution in [3.05, 3.63) is 116 Å². The predicted octanol–water partition coefficient (Wildman–Crippen LogP) is 10.3. The molecule has 3 unspecified atom stereocenters. The number of piperazine rings is 1. The molecule has 4 amide bonds. The highest BCUT2D eigenvalue weighted by Gasteiger charge is 2.35. The van der Waals surface area contributed by atoms with Crippen molar-refractivity contribution in [2.24, 2.45) is 17.8 Å². The van der Waals surface area contributed by atoms with Gasteiger partial charge in [-0.25, -0.2) is 22.4 Å². The second-order valence-electron chi connectivity index (χ2n) is 18.7. The van der Waals surface area contributed by atoms with Crippen molar-refractivity contribution in [1.82, 2.24) is 20.9 Å². The van der Waals surface area contributed by atoms with Crippen LogP contribution in [-0.2, 0) is 28.7 Å². The number of rotatable bonds is 8. The van der Waals surface area contributed by atoms with Gasteiger partial charge < -0.3 is 46.1 Å². The van der Waals surface area contributed by atoms with Gasteiger partial charge in [0.15, 0.2) is 0 Å². The fraction of sp³-hybridized carbons (Fsp3) is 0.442. The molecule has 4 saturated heterocycles. The number of hydrogen-bond acceptors (Lipinski definition) is 11. The van der Waals surface area contributed by atoms with Gasteiger partial charge in [-0.2, -0.15) is 0 Å². The molecule has 75 heavy (non-hydrogen) atoms. The summed E-state index contributed by atoms with van der Waals surface area (Å²) in [6.07, 6.45) is 4.76. The molecule has 4 aliphatic heterocycles. The number of carbonyl (C=O) groups excluding carboxylic acids is 5. The third-order valence-electron chi connectivity index (χ3n) is 11.7. The maximum Gasteiger partial charge on any atom is 0.411 e. The minimum Gasteiger partial charge on any atom is -0.444 e. The van der Waals surface area contributed by atoms with E-state index in [0.717, 1.165) is 63.7 Å². The van der Waals surface area contributed by atoms with E-state index in [4.69, 9.17) is 60.6 Å². The summed E-state index contributed by atoms with van der Waals surface area (Å²) in [6.45, 7) is 10.8. The number of anilines is 3. The molecule has 0 radical (unpaired) electrons. The third kappa shape index (κ3) is 20.3. The van der Waals surface area contributed by atoms with Crippen LogP contribution in [0.2, 0.25) is 20.1 Å². The second kappa shape index (κ2) is 29.9. The third-order valence-corrected chi connectivity index (χ3v) is 12.9. The zero-order chi connectivity index (χ0) is 54.7. The number of amides is 4. The van der Waals surface area contributed by atoms with Crippen LogP contribution < -0.4 is 36.6 Å². The highest BCUT2D eigenvalue weighted by molar-refractivity contribution is 6.31. The molecule has 4 atom stereocenters. The first-order chi connectivity index (χ1) is 35.7. The number of carbonyl (C=O) groups is 5. The van der Waals surface area contributed by atoms with Crippen LogP contribution in [-0.4, -0.2) is 105 Å². The lowest BCUT2D eigenvalue weighted by Gasteiger charge is -2.36. The Bertz CT molecular complexity index is 2390. The summed E-state index contributed by atoms with van der Waals surface area (Å²) >= 11 is 22.3. The van der Waals surface area contributed by atoms with E-state index in [1.54, 1.807) is 32.9 Å². The molecule has 0 bridgehead atoms. The molecule has 4 aliphatic rings. The lowest BCUT2D eigenvalue weighted by Crippen LogP contribution is -2.59. The van der Waals surface area contributed by atoms with E-state index in [0.29, 0.717) is 57.3 Å². The molecule has 0 aliphatic carbocycles. The van der Waals surface area contributed by atoms with Gasteiger partial charge in [-0.1, -0.05) is 46.4 Å². The van der Waals surface area contributed by atoms with Crippen molar-refractivity contribution < 1.29 is 55.7 Å². The Balaban J connectivity index is 0.000000187. The first kappa shape index (κ1) is 60.6. The van der Waals surface area contributed by atoms with E-state index in [1.165, 1.54) is 53.4 Å². The number of benzene rings is 4. The van der Waals surface area contributed by atoms with Crippen molar-refractivity contribution in [3.8, 4) is 5.75 Å². The number of nitrogens with one attached hydrogen (secondary N) is 6. The highest BCUT2D eigenvalue weighted by atomic mass is 35.5. The summed E-state index contributed by atoms with van der Waals surface area (Å²) < 4.78 is 68.6. The van der Waals surface area contributed by atoms with Crippen LogP contribution in [0.25, 0.3) is 0 Å². The van der Waals surface area contributed by atoms with E-state index in [1.807, 2.05) is 0 Å². The van der Waals surface area contributed by atoms with Gasteiger partial charge in [0, 0.05) is 62.5 Å². The molecule has 6 N–H and O–H groups in total. The lowest BCUT2D eigenvalue weighted by atomic mass is 9.99. The Labute approximate surface area is 453 Å². The van der Waals surface area contributed by atoms with Crippen LogP contribution in [0.15, 0.2) is 72.8 Å². The van der Waals surface area contributed by atoms with E-state index in [2.05, 4.69) is 31.9 Å². The van der Waals surface area contributed by atoms with Gasteiger partial charge in [0.25, 0.3) is 0 Å². The summed E-state index contributed by atoms with van der Waals surface area (Å²) in [7, 11) is 0. The van der Waals surface area contributed by atoms with Crippen molar-refractivity contribution in [2.45, 2.75) is 70.9 Å². The Morgan fingerprint density at radius 1 is 0.587 bits per heavy atom. The summed E-state index contributed by atoms with van der Waals surface area (Å²) in [5.41, 5.74) is 0.490. The Kier molecular flexibility index (Phi) is 24.2. The molecule has 4 aromatic rings. The SMILES string of the molecule is CC(C)(C)OC(=O)N1CCNCC1C(=O)Nc1ccc(Cl)c(F)c1.O=C(Nc1ccc(Cl)c(F)c1)C1CCCNC1.O=C(Nc1ccc(Cl)c(F)c1)C1CCCOC1.O=C(Oc1ccc(Cl)c(F)c1)[C@H]1CCCNC1. The van der Waals surface area contributed by atoms with Crippen molar-refractivity contribution >= 4 is 93.3 Å². The second-order valence-corrected chi connectivity index (χ2v) is 20.4. The number of esters is 1. The maximum absolute atomic E-state index is 13.5. The zero-order valence-electron chi connectivity index (χ0n) is 41.6. The molecule has 8 rings (SSSR count). The smallest absolute Gasteiger partial charge is 0.411 e. The summed E-state index contributed by atoms with van der Waals surface area (Å²) in [6, 6.07) is 15.7. The minimum atomic E-state index is -0.743. The highest BCUT2D eigenvalue weighted by Crippen LogP contribution is 2.25. The van der Waals surface area contributed by atoms with Gasteiger partial charge in [0.05, 0.1) is 44.5 Å². The van der Waals surface area contributed by atoms with Crippen LogP contribution in [0.4, 0.5) is 39.4 Å². The molecule has 408 valence electrons. The van der Waals surface area contributed by atoms with Gasteiger partial charge in [0.2, 0.25) is 17.7 Å². The lowest BCUT2D eigenvalue weighted by molar-refractivity contribution is -0.139. The minimum absolute atomic E-state index is 0.0177. The Morgan fingerprint density at radius 3 is 1.49 bits per heavy atom. The molecular weight excluding hydrogens is 1070 g/mol. The molecule has 4 heterocycles. The predicted molar refractivity (Wildman–Crippen MR) is 281 cm³/mol. The number of halogens is 8. The Morgan fingerprint density at radius 2 is 1.04 bits per heavy atom. The summed E-state index contributed by atoms with van der Waals surface area (Å²) in [5, 5.41) is 17.4. The number of piperidine rings is 2. The zero-order valence-corrected chi connectivity index (χ0v) is 44.6. The standard InChI is InChI=1S/C16H21ClFN3O3.C12H14ClFN2O.2C12H13ClFNO2/c1-16(2,3)24-15(23)21-7-6-19-9-13(21)14(22)20-10-4-5-11(17)12(18)8-10;13-10-4-3-9(6-11(10)14)16-12(17)8-2-1-5-15-7-8;13-10-4-3-9(6-11(10)14)15-12(16)8-2-1-5-17-7-8;13-10-4-3-9(6-11(10)14)17-12(16)8-2-1-5-15-7-8/h4-5,8,13,19H,6-7,9H2,1-3H3,(H,20,22);3-4,6,8,15H,1-2,5,7H2,(H,16,17);3-4,6,8H,1-2,5,7H2,(H,15,16);3-4,6,8,15H,1-2,5,7H2/t;;;8-/m...0/s1. The normalized spacial score (nSPS) is 19.4. The van der Waals surface area contributed by atoms with E-state index in [-0.39, 0.29) is 67.1 Å². The molecule has 0 aromatic heterocycles. The van der Waals surface area contributed by atoms with Gasteiger partial charge in [0.1, 0.15) is 40.7 Å². The molecular formula is C52H61Cl4F4N7O8. The molecule has 15 nitrogen and oxygen atoms in total. The van der Waals surface area contributed by atoms with E-state index < -0.39 is 46.9 Å². The fourth-order valence-electron chi connectivity index (χ4n) is 7.73. The Hall–Kier alpha value is -5.25. The average molecular weight is 1130 g/mol. The van der Waals surface area contributed by atoms with Crippen molar-refractivity contribution in [1.29, 1.82) is 0 Å². The number of ether oxygens (including phenoxy) is 3. The van der Waals surface area contributed by atoms with Gasteiger partial charge in [-0.3, -0.25) is 24.1 Å². The van der Waals surface area contributed by atoms with Crippen molar-refractivity contribution in [3.63, 3.8) is 0 Å². The van der Waals surface area contributed by atoms with Crippen LogP contribution in [0.3, 0.4) is 0 Å². The van der Waals surface area contributed by atoms with Crippen molar-refractivity contribution in [2.75, 3.05) is 75.0 Å². The summed E-state index contributed by atoms with van der Waals surface area (Å²) in [4.78, 5) is 61.6. The first-order valence-electron chi connectivity index (χ1n) is 24.3. The quantitative estimate of drug-likeness (QED) is 0.0560. The van der Waals surface area contributed by atoms with Gasteiger partial charge in [-0.15, -0.1) is 0 Å². The maximum atomic E-state index is 13.5. The largest absolute Gasteiger partial charge is 0.444 e. The molecule has 0 saturated carbocycles. The average Bonchev–Trinajstić information content (AvgIpc) is 3.39. The molecule has 4 fully saturated rings. The first-order valence-corrected chi connectivity index (χ1v) is 25.8. The number of nitrogens with zero attached hydrogens (tertiary/aromatic N) is 1. The van der Waals surface area contributed by atoms with Gasteiger partial charge >= 0.3 is 12.1 Å². The number of hydrogen-bond donors (Lipinski definition) is 6. The molecule has 0 spiro atoms. The van der Waals surface area contributed by atoms with Crippen LogP contribution in [0, 0.1) is 41.0 Å². The molecule has 4 aromatic carbocycles. The van der Waals surface area contributed by atoms with E-state index >= 15 is 0 Å². The fourth-order valence-corrected chi connectivity index (χ4v) is 8.20. The monoisotopic (exact) mass is 1130 g/mol. The molecule has 23 heteroatoms. The van der Waals surface area contributed by atoms with Gasteiger partial charge in [-0.05, 0) is 139 Å². The van der Waals surface area contributed by atoms with E-state index in [9.17, 15) is 41.5 Å². The summed E-state index contributed by atoms with van der Waals surface area (Å²) in [5.74, 6) is -3.36. The van der Waals surface area contributed by atoms with Crippen LogP contribution >= 0.6 is 46.4 Å². The van der Waals surface area contributed by atoms with Crippen LogP contribution in [0.1, 0.15) is 59.3 Å². The van der Waals surface area contributed by atoms with Crippen LogP contribution in [0.5, 0.6) is 5.75 Å². The topological polar surface area (TPSA) is 188 Å².